The first-order valence-electron chi connectivity index (χ1n) is 32.1. The molecule has 0 saturated carbocycles. The molecular weight excluding hydrogens is 1530 g/mol. The number of phosphoric ester groups is 3. The molecule has 0 aliphatic carbocycles. The minimum atomic E-state index is -6.35. The number of aliphatic carboxylic acids is 1. The number of rotatable bonds is 36. The Balaban J connectivity index is 1.46. The zero-order valence-electron chi connectivity index (χ0n) is 54.8. The molecule has 7 saturated heterocycles. The van der Waals surface area contributed by atoms with Crippen LogP contribution in [0.3, 0.4) is 0 Å². The number of carboxylic acid groups (broad SMARTS) is 1. The third kappa shape index (κ3) is 21.2. The molecule has 0 aromatic rings. The summed E-state index contributed by atoms with van der Waals surface area (Å²) in [7, 11) is -17.8. The van der Waals surface area contributed by atoms with Gasteiger partial charge in [0.05, 0.1) is 59.5 Å². The second-order valence-electron chi connectivity index (χ2n) is 24.9. The van der Waals surface area contributed by atoms with Crippen LogP contribution in [0.2, 0.25) is 0 Å². The fraction of sp³-hybridized carbons (Fsp3) is 0.980. The lowest BCUT2D eigenvalue weighted by atomic mass is 9.91. The van der Waals surface area contributed by atoms with Crippen molar-refractivity contribution in [1.82, 2.24) is 0 Å². The summed E-state index contributed by atoms with van der Waals surface area (Å²) in [4.78, 5) is 44.8. The molecule has 0 aromatic carbocycles. The predicted molar refractivity (Wildman–Crippen MR) is 319 cm³/mol. The van der Waals surface area contributed by atoms with Gasteiger partial charge in [0.1, 0.15) is 189 Å². The van der Waals surface area contributed by atoms with Crippen LogP contribution in [0, 0.1) is 0 Å². The average Bonchev–Trinajstić information content (AvgIpc) is 0.750. The summed E-state index contributed by atoms with van der Waals surface area (Å²) in [5.74, 6) is -6.17. The van der Waals surface area contributed by atoms with Gasteiger partial charge >= 0.3 is 29.4 Å². The van der Waals surface area contributed by atoms with Crippen LogP contribution >= 0.6 is 23.5 Å². The van der Waals surface area contributed by atoms with Crippen LogP contribution in [0.1, 0.15) is 6.42 Å². The largest absolute Gasteiger partial charge is 0.481 e. The molecule has 0 radical (unpaired) electrons. The first kappa shape index (κ1) is 91.5. The van der Waals surface area contributed by atoms with E-state index in [-0.39, 0.29) is 0 Å². The fourth-order valence-corrected chi connectivity index (χ4v) is 15.3. The summed E-state index contributed by atoms with van der Waals surface area (Å²) in [5, 5.41) is 276. The Morgan fingerprint density at radius 2 is 0.811 bits per heavy atom. The number of ether oxygens (including phenoxy) is 13. The third-order valence-electron chi connectivity index (χ3n) is 17.5. The zero-order valence-corrected chi connectivity index (χ0v) is 57.5. The van der Waals surface area contributed by atoms with Crippen LogP contribution in [-0.2, 0) is 102 Å². The van der Waals surface area contributed by atoms with Crippen molar-refractivity contribution in [2.75, 3.05) is 72.6 Å². The van der Waals surface area contributed by atoms with E-state index in [9.17, 15) is 161 Å². The monoisotopic (exact) mass is 1630 g/mol. The summed E-state index contributed by atoms with van der Waals surface area (Å²) in [6.07, 6.45) is -95.4. The van der Waals surface area contributed by atoms with E-state index in [4.69, 9.17) is 86.6 Å². The van der Waals surface area contributed by atoms with E-state index in [1.807, 2.05) is 0 Å². The number of hydrogen-bond donors (Lipinski definition) is 30. The maximum atomic E-state index is 13.7. The van der Waals surface area contributed by atoms with Crippen molar-refractivity contribution in [2.24, 2.45) is 11.5 Å². The normalized spacial score (nSPS) is 45.6. The van der Waals surface area contributed by atoms with Gasteiger partial charge in [0.25, 0.3) is 5.79 Å². The van der Waals surface area contributed by atoms with Crippen LogP contribution in [-0.4, -0.2) is 454 Å². The van der Waals surface area contributed by atoms with Gasteiger partial charge in [0, 0.05) is 19.5 Å². The van der Waals surface area contributed by atoms with Gasteiger partial charge in [-0.3, -0.25) is 18.1 Å². The van der Waals surface area contributed by atoms with Crippen LogP contribution in [0.25, 0.3) is 0 Å². The Bertz CT molecular complexity index is 2860. The molecule has 32 N–H and O–H groups in total. The number of carbonyl (C=O) groups is 1. The highest BCUT2D eigenvalue weighted by molar-refractivity contribution is 7.61. The predicted octanol–water partition coefficient (Wildman–Crippen LogP) is -18.0. The molecule has 622 valence electrons. The molecule has 7 aliphatic rings. The maximum Gasteiger partial charge on any atom is 0.481 e. The smallest absolute Gasteiger partial charge is 0.477 e. The van der Waals surface area contributed by atoms with E-state index in [2.05, 4.69) is 8.83 Å². The van der Waals surface area contributed by atoms with Gasteiger partial charge in [-0.25, -0.2) is 18.5 Å². The highest BCUT2D eigenvalue weighted by Gasteiger charge is 2.64. The molecule has 6 unspecified atom stereocenters. The Morgan fingerprint density at radius 3 is 1.31 bits per heavy atom. The molecule has 52 nitrogen and oxygen atoms in total. The quantitative estimate of drug-likeness (QED) is 0.0259. The molecule has 0 spiro atoms. The van der Waals surface area contributed by atoms with E-state index in [1.165, 1.54) is 0 Å². The van der Waals surface area contributed by atoms with Crippen LogP contribution in [0.4, 0.5) is 0 Å². The van der Waals surface area contributed by atoms with Crippen molar-refractivity contribution < 1.29 is 245 Å². The third-order valence-corrected chi connectivity index (χ3v) is 21.3. The SMILES string of the molecule is NCCOP(=O)(O)O[C@@H](CO)[C@H]1OC(O[C@H]2[C@H](O[C@@H]3O[C@H](CO)[C@@H](O[C@@H]4O[C@H](CO)[C@@H](O)[C@H](O)[C@H]4O)[C@H](O)[C@H]3O)[C@@H]([C@@H](O)CO)OC(O[C@H]3[C@@H]([C@H](O)CO)O[C@@](O)(C(=O)O)C[C@H]3OP(=O)(O)OP(=O)(O)OCCN)[C@H]2O)[C@@H](OC2O[C@H]([C@@H](O)CO)[C@@H](O)[C@H](O)[C@@H]2O)[C@@H](O[C@H]2O[C@H](CO)[C@@H](O)[C@H](O)[C@H]2O)[C@@H]1O. The van der Waals surface area contributed by atoms with Gasteiger partial charge in [-0.1, -0.05) is 0 Å². The van der Waals surface area contributed by atoms with E-state index >= 15 is 0 Å². The van der Waals surface area contributed by atoms with E-state index < -0.39 is 341 Å². The minimum absolute atomic E-state index is 0.503. The molecule has 7 fully saturated rings. The molecule has 7 heterocycles. The van der Waals surface area contributed by atoms with E-state index in [0.717, 1.165) is 0 Å². The number of aliphatic hydroxyl groups excluding tert-OH is 23. The molecular formula is C51H93N2O50P3. The molecule has 55 heteroatoms. The van der Waals surface area contributed by atoms with Gasteiger partial charge in [0.15, 0.2) is 37.7 Å². The Kier molecular flexibility index (Phi) is 33.7. The average molecular weight is 1630 g/mol. The van der Waals surface area contributed by atoms with Gasteiger partial charge in [-0.15, -0.1) is 0 Å². The molecule has 106 heavy (non-hydrogen) atoms. The van der Waals surface area contributed by atoms with Gasteiger partial charge in [-0.05, 0) is 0 Å². The minimum Gasteiger partial charge on any atom is -0.477 e. The maximum absolute atomic E-state index is 13.7. The number of carboxylic acids is 1. The topological polar surface area (TPSA) is 853 Å². The summed E-state index contributed by atoms with van der Waals surface area (Å²) >= 11 is 0. The summed E-state index contributed by atoms with van der Waals surface area (Å²) in [6, 6.07) is 0. The lowest BCUT2D eigenvalue weighted by Gasteiger charge is -2.53. The first-order valence-corrected chi connectivity index (χ1v) is 36.6. The van der Waals surface area contributed by atoms with Crippen molar-refractivity contribution in [3.8, 4) is 0 Å². The first-order chi connectivity index (χ1) is 49.7. The van der Waals surface area contributed by atoms with Crippen LogP contribution in [0.15, 0.2) is 0 Å². The lowest BCUT2D eigenvalue weighted by molar-refractivity contribution is -0.423. The fourth-order valence-electron chi connectivity index (χ4n) is 12.1. The van der Waals surface area contributed by atoms with Gasteiger partial charge in [-0.2, -0.15) is 4.31 Å². The van der Waals surface area contributed by atoms with E-state index in [1.54, 1.807) is 0 Å². The molecule has 41 atom stereocenters. The van der Waals surface area contributed by atoms with Crippen LogP contribution in [0.5, 0.6) is 0 Å². The van der Waals surface area contributed by atoms with Crippen molar-refractivity contribution in [3.05, 3.63) is 0 Å². The second kappa shape index (κ2) is 39.1. The summed E-state index contributed by atoms with van der Waals surface area (Å²) in [6.45, 7) is -12.4. The van der Waals surface area contributed by atoms with Crippen molar-refractivity contribution in [3.63, 3.8) is 0 Å². The standard InChI is InChI=1S/C51H93N2O50P3/c52-1-3-86-104(80,81)102-20(12-60)38-32(75)40(96-45-29(72)24(67)22(65)18(10-58)89-45)43(99-47-30(73)25(68)26(69)34(91-47)13(61)6-54)49(94-38)97-41-33(76)48(95-39-16(101-106(84,85)103-105(82,83)87-4-2-53)5-51(79,50(77)78)100-36(39)15(63)8-56)92-35(14(62)7-55)42(41)98-46-31(74)27(70)37(19(11-59)90-46)93-44-28(71)23(66)21(64)17(9-57)88-44/h13-49,54-76,79H,1-12,52-53H2,(H,77,78)(H,80,81)(H,82,83)(H,84,85)/t13-,14-,15+,16+,17+,18+,19+,20-,21+,22+,23-,24-,25-,26-,27+,28+,29+,30-,31+,32+,33-,34+,35+,36+,37+,38+,39+,40-,41+,42+,43-,44-,45+,46-,47?,48?,49?,51+/m0/s1. The number of aliphatic hydroxyl groups is 24. The highest BCUT2D eigenvalue weighted by Crippen LogP contribution is 2.62. The Hall–Kier alpha value is -1.72. The summed E-state index contributed by atoms with van der Waals surface area (Å²) < 4.78 is 140. The van der Waals surface area contributed by atoms with Crippen LogP contribution < -0.4 is 11.5 Å². The molecule has 0 aromatic heterocycles. The zero-order chi connectivity index (χ0) is 79.2. The van der Waals surface area contributed by atoms with Crippen molar-refractivity contribution >= 4 is 29.4 Å². The number of hydrogen-bond acceptors (Lipinski definition) is 48. The van der Waals surface area contributed by atoms with Gasteiger partial charge < -0.3 is 215 Å². The summed E-state index contributed by atoms with van der Waals surface area (Å²) in [5.41, 5.74) is 10.7. The Morgan fingerprint density at radius 1 is 0.415 bits per heavy atom. The molecule has 7 aliphatic heterocycles. The number of phosphoric acid groups is 3. The number of nitrogens with two attached hydrogens (primary N) is 2. The molecule has 0 amide bonds. The highest BCUT2D eigenvalue weighted by atomic mass is 31.3. The van der Waals surface area contributed by atoms with Crippen molar-refractivity contribution in [2.45, 2.75) is 239 Å². The second-order valence-corrected chi connectivity index (χ2v) is 29.3. The van der Waals surface area contributed by atoms with Gasteiger partial charge in [0.2, 0.25) is 0 Å². The molecule has 7 rings (SSSR count). The van der Waals surface area contributed by atoms with Crippen molar-refractivity contribution in [1.29, 1.82) is 0 Å². The molecule has 0 bridgehead atoms. The van der Waals surface area contributed by atoms with E-state index in [0.29, 0.717) is 0 Å². The Labute approximate surface area is 596 Å². The lowest BCUT2D eigenvalue weighted by Crippen LogP contribution is -2.71.